The molecule has 1 fully saturated rings. The molecule has 2 rings (SSSR count). The Morgan fingerprint density at radius 3 is 2.38 bits per heavy atom. The highest BCUT2D eigenvalue weighted by Gasteiger charge is 2.16. The van der Waals surface area contributed by atoms with E-state index in [0.29, 0.717) is 6.42 Å². The molecule has 2 heteroatoms. The largest absolute Gasteiger partial charge is 0.395 e. The molecular formula is C19H27NO. The Kier molecular flexibility index (Phi) is 6.79. The van der Waals surface area contributed by atoms with E-state index in [4.69, 9.17) is 5.11 Å². The maximum absolute atomic E-state index is 8.72. The van der Waals surface area contributed by atoms with E-state index in [2.05, 4.69) is 48.1 Å². The summed E-state index contributed by atoms with van der Waals surface area (Å²) in [6, 6.07) is 9.27. The first-order valence-electron chi connectivity index (χ1n) is 8.18. The Labute approximate surface area is 129 Å². The van der Waals surface area contributed by atoms with Crippen molar-refractivity contribution < 1.29 is 5.11 Å². The summed E-state index contributed by atoms with van der Waals surface area (Å²) in [6.45, 7) is 1.16. The van der Waals surface area contributed by atoms with Gasteiger partial charge in [0.05, 0.1) is 6.61 Å². The van der Waals surface area contributed by atoms with Gasteiger partial charge in [-0.15, -0.1) is 0 Å². The standard InChI is InChI=1S/C19H27NO/c1-20(19-9-4-2-3-5-10-19)16-18-13-11-17(12-14-18)8-6-7-15-21/h11-14,19,21H,2-5,7,9-10,15-16H2,1H3. The number of hydrogen-bond acceptors (Lipinski definition) is 2. The van der Waals surface area contributed by atoms with Crippen LogP contribution in [0.4, 0.5) is 0 Å². The second-order valence-electron chi connectivity index (χ2n) is 6.03. The van der Waals surface area contributed by atoms with Crippen LogP contribution in [0.15, 0.2) is 24.3 Å². The van der Waals surface area contributed by atoms with E-state index in [-0.39, 0.29) is 6.61 Å². The fourth-order valence-electron chi connectivity index (χ4n) is 3.03. The fourth-order valence-corrected chi connectivity index (χ4v) is 3.03. The molecule has 0 bridgehead atoms. The van der Waals surface area contributed by atoms with Gasteiger partial charge in [0.2, 0.25) is 0 Å². The molecule has 114 valence electrons. The molecule has 1 N–H and O–H groups in total. The number of benzene rings is 1. The Hall–Kier alpha value is -1.30. The van der Waals surface area contributed by atoms with Gasteiger partial charge in [-0.1, -0.05) is 49.7 Å². The third-order valence-electron chi connectivity index (χ3n) is 4.30. The van der Waals surface area contributed by atoms with Crippen LogP contribution in [0.5, 0.6) is 0 Å². The molecule has 1 aliphatic rings. The zero-order valence-electron chi connectivity index (χ0n) is 13.1. The third kappa shape index (κ3) is 5.53. The molecule has 0 atom stereocenters. The topological polar surface area (TPSA) is 23.5 Å². The lowest BCUT2D eigenvalue weighted by Gasteiger charge is -2.27. The average molecular weight is 285 g/mol. The second-order valence-corrected chi connectivity index (χ2v) is 6.03. The van der Waals surface area contributed by atoms with Crippen molar-refractivity contribution in [3.05, 3.63) is 35.4 Å². The summed E-state index contributed by atoms with van der Waals surface area (Å²) >= 11 is 0. The maximum Gasteiger partial charge on any atom is 0.0540 e. The zero-order valence-corrected chi connectivity index (χ0v) is 13.1. The van der Waals surface area contributed by atoms with Crippen molar-refractivity contribution in [1.82, 2.24) is 4.90 Å². The molecule has 0 aromatic heterocycles. The van der Waals surface area contributed by atoms with E-state index < -0.39 is 0 Å². The van der Waals surface area contributed by atoms with Crippen molar-refractivity contribution in [2.75, 3.05) is 13.7 Å². The van der Waals surface area contributed by atoms with Gasteiger partial charge in [-0.05, 0) is 37.6 Å². The van der Waals surface area contributed by atoms with Gasteiger partial charge in [0.1, 0.15) is 0 Å². The van der Waals surface area contributed by atoms with E-state index >= 15 is 0 Å². The number of hydrogen-bond donors (Lipinski definition) is 1. The highest BCUT2D eigenvalue weighted by atomic mass is 16.2. The van der Waals surface area contributed by atoms with Gasteiger partial charge >= 0.3 is 0 Å². The molecule has 0 aliphatic heterocycles. The molecule has 0 amide bonds. The Balaban J connectivity index is 1.88. The molecule has 0 heterocycles. The van der Waals surface area contributed by atoms with Crippen LogP contribution in [-0.4, -0.2) is 29.7 Å². The van der Waals surface area contributed by atoms with Crippen molar-refractivity contribution in [1.29, 1.82) is 0 Å². The van der Waals surface area contributed by atoms with Gasteiger partial charge in [-0.2, -0.15) is 0 Å². The van der Waals surface area contributed by atoms with Gasteiger partial charge in [-0.25, -0.2) is 0 Å². The van der Waals surface area contributed by atoms with Crippen LogP contribution in [0.2, 0.25) is 0 Å². The normalized spacial score (nSPS) is 16.3. The second kappa shape index (κ2) is 8.87. The van der Waals surface area contributed by atoms with Gasteiger partial charge in [0.15, 0.2) is 0 Å². The number of aliphatic hydroxyl groups excluding tert-OH is 1. The van der Waals surface area contributed by atoms with E-state index in [0.717, 1.165) is 18.2 Å². The van der Waals surface area contributed by atoms with Gasteiger partial charge in [0, 0.05) is 24.6 Å². The zero-order chi connectivity index (χ0) is 14.9. The Morgan fingerprint density at radius 1 is 1.10 bits per heavy atom. The minimum Gasteiger partial charge on any atom is -0.395 e. The molecule has 1 saturated carbocycles. The van der Waals surface area contributed by atoms with Crippen molar-refractivity contribution in [3.8, 4) is 11.8 Å². The van der Waals surface area contributed by atoms with Crippen LogP contribution in [0.1, 0.15) is 56.1 Å². The molecule has 1 aromatic rings. The molecular weight excluding hydrogens is 258 g/mol. The molecule has 2 nitrogen and oxygen atoms in total. The summed E-state index contributed by atoms with van der Waals surface area (Å²) in [7, 11) is 2.25. The molecule has 1 aliphatic carbocycles. The van der Waals surface area contributed by atoms with E-state index in [1.54, 1.807) is 0 Å². The van der Waals surface area contributed by atoms with Crippen LogP contribution < -0.4 is 0 Å². The summed E-state index contributed by atoms with van der Waals surface area (Å²) < 4.78 is 0. The highest BCUT2D eigenvalue weighted by molar-refractivity contribution is 5.36. The summed E-state index contributed by atoms with van der Waals surface area (Å²) in [5, 5.41) is 8.72. The van der Waals surface area contributed by atoms with Gasteiger partial charge < -0.3 is 5.11 Å². The molecule has 0 saturated heterocycles. The summed E-state index contributed by atoms with van der Waals surface area (Å²) in [5.41, 5.74) is 2.39. The average Bonchev–Trinajstić information content (AvgIpc) is 2.78. The highest BCUT2D eigenvalue weighted by Crippen LogP contribution is 2.22. The van der Waals surface area contributed by atoms with Crippen LogP contribution in [0.25, 0.3) is 0 Å². The lowest BCUT2D eigenvalue weighted by molar-refractivity contribution is 0.213. The smallest absolute Gasteiger partial charge is 0.0540 e. The predicted molar refractivity (Wildman–Crippen MR) is 88.0 cm³/mol. The lowest BCUT2D eigenvalue weighted by Crippen LogP contribution is -2.30. The van der Waals surface area contributed by atoms with E-state index in [9.17, 15) is 0 Å². The van der Waals surface area contributed by atoms with Gasteiger partial charge in [0.25, 0.3) is 0 Å². The number of nitrogens with zero attached hydrogens (tertiary/aromatic N) is 1. The molecule has 0 spiro atoms. The predicted octanol–water partition coefficient (Wildman–Crippen LogP) is 3.58. The minimum atomic E-state index is 0.136. The van der Waals surface area contributed by atoms with Crippen LogP contribution in [0, 0.1) is 11.8 Å². The SMILES string of the molecule is CN(Cc1ccc(C#CCCO)cc1)C1CCCCCC1. The monoisotopic (exact) mass is 285 g/mol. The first-order chi connectivity index (χ1) is 10.3. The molecule has 0 radical (unpaired) electrons. The molecule has 0 unspecified atom stereocenters. The third-order valence-corrected chi connectivity index (χ3v) is 4.30. The molecule has 1 aromatic carbocycles. The van der Waals surface area contributed by atoms with Crippen LogP contribution in [0.3, 0.4) is 0 Å². The minimum absolute atomic E-state index is 0.136. The molecule has 21 heavy (non-hydrogen) atoms. The van der Waals surface area contributed by atoms with E-state index in [1.807, 2.05) is 0 Å². The first-order valence-corrected chi connectivity index (χ1v) is 8.18. The van der Waals surface area contributed by atoms with E-state index in [1.165, 1.54) is 44.1 Å². The lowest BCUT2D eigenvalue weighted by atomic mass is 10.1. The van der Waals surface area contributed by atoms with Crippen molar-refractivity contribution >= 4 is 0 Å². The Morgan fingerprint density at radius 2 is 1.76 bits per heavy atom. The summed E-state index contributed by atoms with van der Waals surface area (Å²) in [4.78, 5) is 2.51. The number of rotatable bonds is 4. The van der Waals surface area contributed by atoms with Crippen molar-refractivity contribution in [3.63, 3.8) is 0 Å². The Bertz CT molecular complexity index is 461. The quantitative estimate of drug-likeness (QED) is 0.675. The first kappa shape index (κ1) is 16.1. The van der Waals surface area contributed by atoms with Crippen LogP contribution in [-0.2, 0) is 6.54 Å². The number of aliphatic hydroxyl groups is 1. The van der Waals surface area contributed by atoms with Gasteiger partial charge in [-0.3, -0.25) is 4.90 Å². The summed E-state index contributed by atoms with van der Waals surface area (Å²) in [6.07, 6.45) is 8.83. The maximum atomic E-state index is 8.72. The van der Waals surface area contributed by atoms with Crippen molar-refractivity contribution in [2.45, 2.75) is 57.5 Å². The summed E-state index contributed by atoms with van der Waals surface area (Å²) in [5.74, 6) is 6.03. The van der Waals surface area contributed by atoms with Crippen LogP contribution >= 0.6 is 0 Å². The fraction of sp³-hybridized carbons (Fsp3) is 0.579. The van der Waals surface area contributed by atoms with Crippen molar-refractivity contribution in [2.24, 2.45) is 0 Å².